The van der Waals surface area contributed by atoms with E-state index in [2.05, 4.69) is 15.3 Å². The van der Waals surface area contributed by atoms with E-state index in [0.29, 0.717) is 18.2 Å². The zero-order valence-corrected chi connectivity index (χ0v) is 17.0. The van der Waals surface area contributed by atoms with Crippen molar-refractivity contribution < 1.29 is 18.3 Å². The fourth-order valence-electron chi connectivity index (χ4n) is 3.64. The number of aryl methyl sites for hydroxylation is 1. The van der Waals surface area contributed by atoms with Gasteiger partial charge in [0.1, 0.15) is 17.5 Å². The third-order valence-corrected chi connectivity index (χ3v) is 5.07. The van der Waals surface area contributed by atoms with Crippen molar-refractivity contribution in [1.29, 1.82) is 0 Å². The van der Waals surface area contributed by atoms with Crippen molar-refractivity contribution >= 4 is 17.5 Å². The Morgan fingerprint density at radius 1 is 1.13 bits per heavy atom. The van der Waals surface area contributed by atoms with Gasteiger partial charge in [0.05, 0.1) is 11.7 Å². The number of hydrogen-bond acceptors (Lipinski definition) is 5. The number of carbonyl (C=O) groups excluding carboxylic acids is 1. The summed E-state index contributed by atoms with van der Waals surface area (Å²) in [4.78, 5) is 23.5. The summed E-state index contributed by atoms with van der Waals surface area (Å²) in [7, 11) is 0. The maximum atomic E-state index is 13.8. The topological polar surface area (TPSA) is 67.4 Å². The molecule has 3 aromatic rings. The van der Waals surface area contributed by atoms with E-state index in [1.807, 2.05) is 43.3 Å². The van der Waals surface area contributed by atoms with Crippen LogP contribution in [-0.2, 0) is 4.79 Å². The third kappa shape index (κ3) is 4.96. The van der Waals surface area contributed by atoms with E-state index in [0.717, 1.165) is 36.4 Å². The Morgan fingerprint density at radius 3 is 2.68 bits per heavy atom. The largest absolute Gasteiger partial charge is 0.481 e. The molecule has 0 radical (unpaired) electrons. The first-order valence-electron chi connectivity index (χ1n) is 10.0. The van der Waals surface area contributed by atoms with E-state index in [1.54, 1.807) is 4.90 Å². The maximum absolute atomic E-state index is 13.8. The fraction of sp³-hybridized carbons (Fsp3) is 0.261. The van der Waals surface area contributed by atoms with Crippen molar-refractivity contribution in [3.05, 3.63) is 77.6 Å². The van der Waals surface area contributed by atoms with E-state index < -0.39 is 11.6 Å². The SMILES string of the molecule is Cc1cccc(Nc2cccc([C@H]3CCCN3C(=O)COc3ccc(F)cc3F)n2)n1. The second kappa shape index (κ2) is 9.07. The number of rotatable bonds is 6. The van der Waals surface area contributed by atoms with Crippen LogP contribution in [0.3, 0.4) is 0 Å². The average Bonchev–Trinajstić information content (AvgIpc) is 3.23. The Morgan fingerprint density at radius 2 is 1.90 bits per heavy atom. The molecule has 0 aliphatic carbocycles. The number of pyridine rings is 2. The van der Waals surface area contributed by atoms with Gasteiger partial charge in [-0.1, -0.05) is 12.1 Å². The highest BCUT2D eigenvalue weighted by Crippen LogP contribution is 2.32. The van der Waals surface area contributed by atoms with Crippen LogP contribution in [0.15, 0.2) is 54.6 Å². The summed E-state index contributed by atoms with van der Waals surface area (Å²) in [5.74, 6) is -0.627. The lowest BCUT2D eigenvalue weighted by Gasteiger charge is -2.24. The highest BCUT2D eigenvalue weighted by molar-refractivity contribution is 5.78. The average molecular weight is 424 g/mol. The van der Waals surface area contributed by atoms with E-state index in [-0.39, 0.29) is 24.3 Å². The molecule has 160 valence electrons. The molecule has 1 fully saturated rings. The van der Waals surface area contributed by atoms with Gasteiger partial charge in [-0.05, 0) is 56.2 Å². The molecule has 1 amide bonds. The minimum absolute atomic E-state index is 0.152. The minimum Gasteiger partial charge on any atom is -0.481 e. The molecule has 1 aliphatic heterocycles. The first-order valence-corrected chi connectivity index (χ1v) is 10.0. The van der Waals surface area contributed by atoms with Crippen LogP contribution >= 0.6 is 0 Å². The summed E-state index contributed by atoms with van der Waals surface area (Å²) in [6, 6.07) is 14.1. The van der Waals surface area contributed by atoms with Gasteiger partial charge < -0.3 is 15.0 Å². The molecule has 0 spiro atoms. The molecular formula is C23H22F2N4O2. The molecule has 3 heterocycles. The van der Waals surface area contributed by atoms with Crippen LogP contribution in [0.4, 0.5) is 20.4 Å². The van der Waals surface area contributed by atoms with Crippen LogP contribution in [0.25, 0.3) is 0 Å². The second-order valence-corrected chi connectivity index (χ2v) is 7.35. The van der Waals surface area contributed by atoms with E-state index in [1.165, 1.54) is 6.07 Å². The van der Waals surface area contributed by atoms with Gasteiger partial charge in [-0.3, -0.25) is 4.79 Å². The van der Waals surface area contributed by atoms with Gasteiger partial charge in [0.2, 0.25) is 0 Å². The van der Waals surface area contributed by atoms with Gasteiger partial charge in [-0.25, -0.2) is 18.7 Å². The molecule has 0 saturated carbocycles. The van der Waals surface area contributed by atoms with Crippen LogP contribution in [0.2, 0.25) is 0 Å². The lowest BCUT2D eigenvalue weighted by atomic mass is 10.1. The molecule has 1 aromatic carbocycles. The maximum Gasteiger partial charge on any atom is 0.261 e. The summed E-state index contributed by atoms with van der Waals surface area (Å²) < 4.78 is 32.1. The highest BCUT2D eigenvalue weighted by atomic mass is 19.1. The van der Waals surface area contributed by atoms with Gasteiger partial charge in [-0.15, -0.1) is 0 Å². The summed E-state index contributed by atoms with van der Waals surface area (Å²) in [5, 5.41) is 3.19. The normalized spacial score (nSPS) is 15.7. The van der Waals surface area contributed by atoms with Crippen LogP contribution in [-0.4, -0.2) is 33.9 Å². The zero-order valence-electron chi connectivity index (χ0n) is 17.0. The fourth-order valence-corrected chi connectivity index (χ4v) is 3.64. The molecule has 1 aliphatic rings. The zero-order chi connectivity index (χ0) is 21.8. The number of ether oxygens (including phenoxy) is 1. The summed E-state index contributed by atoms with van der Waals surface area (Å²) >= 11 is 0. The van der Waals surface area contributed by atoms with Gasteiger partial charge in [0.25, 0.3) is 5.91 Å². The summed E-state index contributed by atoms with van der Waals surface area (Å²) in [6.07, 6.45) is 1.61. The minimum atomic E-state index is -0.837. The molecule has 4 rings (SSSR count). The van der Waals surface area contributed by atoms with E-state index in [4.69, 9.17) is 4.74 Å². The molecule has 1 atom stereocenters. The Labute approximate surface area is 178 Å². The van der Waals surface area contributed by atoms with Crippen molar-refractivity contribution in [1.82, 2.24) is 14.9 Å². The molecular weight excluding hydrogens is 402 g/mol. The van der Waals surface area contributed by atoms with E-state index >= 15 is 0 Å². The number of benzene rings is 1. The van der Waals surface area contributed by atoms with E-state index in [9.17, 15) is 13.6 Å². The van der Waals surface area contributed by atoms with Crippen molar-refractivity contribution in [2.45, 2.75) is 25.8 Å². The van der Waals surface area contributed by atoms with Crippen molar-refractivity contribution in [2.24, 2.45) is 0 Å². The number of nitrogens with one attached hydrogen (secondary N) is 1. The van der Waals surface area contributed by atoms with Crippen molar-refractivity contribution in [2.75, 3.05) is 18.5 Å². The smallest absolute Gasteiger partial charge is 0.261 e. The number of hydrogen-bond donors (Lipinski definition) is 1. The predicted octanol–water partition coefficient (Wildman–Crippen LogP) is 4.55. The third-order valence-electron chi connectivity index (χ3n) is 5.07. The molecule has 0 bridgehead atoms. The first kappa shape index (κ1) is 20.7. The van der Waals surface area contributed by atoms with Crippen LogP contribution < -0.4 is 10.1 Å². The van der Waals surface area contributed by atoms with Gasteiger partial charge in [0.15, 0.2) is 18.2 Å². The van der Waals surface area contributed by atoms with Gasteiger partial charge in [-0.2, -0.15) is 0 Å². The number of aromatic nitrogens is 2. The lowest BCUT2D eigenvalue weighted by Crippen LogP contribution is -2.34. The van der Waals surface area contributed by atoms with Crippen LogP contribution in [0.1, 0.15) is 30.3 Å². The standard InChI is InChI=1S/C23H22F2N4O2/c1-15-5-2-8-21(26-15)28-22-9-3-6-18(27-22)19-7-4-12-29(19)23(30)14-31-20-11-10-16(24)13-17(20)25/h2-3,5-6,8-11,13,19H,4,7,12,14H2,1H3,(H,26,27,28)/t19-/m1/s1. The number of anilines is 2. The number of halogens is 2. The monoisotopic (exact) mass is 424 g/mol. The van der Waals surface area contributed by atoms with Crippen LogP contribution in [0.5, 0.6) is 5.75 Å². The van der Waals surface area contributed by atoms with Gasteiger partial charge in [0, 0.05) is 18.3 Å². The molecule has 1 N–H and O–H groups in total. The molecule has 0 unspecified atom stereocenters. The first-order chi connectivity index (χ1) is 15.0. The summed E-state index contributed by atoms with van der Waals surface area (Å²) in [5.41, 5.74) is 1.66. The number of carbonyl (C=O) groups is 1. The van der Waals surface area contributed by atoms with Crippen LogP contribution in [0, 0.1) is 18.6 Å². The highest BCUT2D eigenvalue weighted by Gasteiger charge is 2.31. The quantitative estimate of drug-likeness (QED) is 0.629. The summed E-state index contributed by atoms with van der Waals surface area (Å²) in [6.45, 7) is 2.15. The van der Waals surface area contributed by atoms with Gasteiger partial charge >= 0.3 is 0 Å². The Hall–Kier alpha value is -3.55. The molecule has 31 heavy (non-hydrogen) atoms. The molecule has 6 nitrogen and oxygen atoms in total. The number of amides is 1. The number of nitrogens with zero attached hydrogens (tertiary/aromatic N) is 3. The predicted molar refractivity (Wildman–Crippen MR) is 112 cm³/mol. The van der Waals surface area contributed by atoms with Crippen molar-refractivity contribution in [3.63, 3.8) is 0 Å². The Kier molecular flexibility index (Phi) is 6.06. The lowest BCUT2D eigenvalue weighted by molar-refractivity contribution is -0.134. The molecule has 2 aromatic heterocycles. The second-order valence-electron chi connectivity index (χ2n) is 7.35. The molecule has 8 heteroatoms. The number of likely N-dealkylation sites (tertiary alicyclic amines) is 1. The Bertz CT molecular complexity index is 1090. The Balaban J connectivity index is 1.44. The van der Waals surface area contributed by atoms with Crippen molar-refractivity contribution in [3.8, 4) is 5.75 Å². The molecule has 1 saturated heterocycles.